The second-order valence-corrected chi connectivity index (χ2v) is 7.87. The summed E-state index contributed by atoms with van der Waals surface area (Å²) in [5.41, 5.74) is 1.64. The van der Waals surface area contributed by atoms with Gasteiger partial charge in [0.25, 0.3) is 5.91 Å². The normalized spacial score (nSPS) is 15.3. The van der Waals surface area contributed by atoms with Gasteiger partial charge in [0.2, 0.25) is 0 Å². The third kappa shape index (κ3) is 5.12. The largest absolute Gasteiger partial charge is 0.347 e. The lowest BCUT2D eigenvalue weighted by molar-refractivity contribution is 0.0763. The molecule has 27 heavy (non-hydrogen) atoms. The quantitative estimate of drug-likeness (QED) is 0.510. The van der Waals surface area contributed by atoms with E-state index < -0.39 is 0 Å². The summed E-state index contributed by atoms with van der Waals surface area (Å²) in [6.45, 7) is 4.76. The number of amides is 1. The van der Waals surface area contributed by atoms with Crippen molar-refractivity contribution in [2.24, 2.45) is 0 Å². The van der Waals surface area contributed by atoms with Gasteiger partial charge in [-0.05, 0) is 37.5 Å². The van der Waals surface area contributed by atoms with Crippen LogP contribution in [0.15, 0.2) is 24.4 Å². The van der Waals surface area contributed by atoms with Crippen LogP contribution >= 0.6 is 0 Å². The average Bonchev–Trinajstić information content (AvgIpc) is 2.84. The second-order valence-electron chi connectivity index (χ2n) is 7.87. The van der Waals surface area contributed by atoms with Crippen LogP contribution in [-0.2, 0) is 6.54 Å². The van der Waals surface area contributed by atoms with Crippen LogP contribution in [-0.4, -0.2) is 28.5 Å². The van der Waals surface area contributed by atoms with Crippen LogP contribution in [0.2, 0.25) is 0 Å². The first-order chi connectivity index (χ1) is 13.2. The van der Waals surface area contributed by atoms with Crippen LogP contribution in [0.1, 0.15) is 81.5 Å². The Labute approximate surface area is 162 Å². The molecule has 3 rings (SSSR count). The number of nitrogens with zero attached hydrogens (tertiary/aromatic N) is 2. The number of carbonyl (C=O) groups is 1. The number of aromatic nitrogens is 1. The van der Waals surface area contributed by atoms with Crippen molar-refractivity contribution in [1.82, 2.24) is 9.47 Å². The molecule has 1 amide bonds. The highest BCUT2D eigenvalue weighted by Crippen LogP contribution is 2.25. The van der Waals surface area contributed by atoms with Gasteiger partial charge in [-0.3, -0.25) is 4.79 Å². The zero-order chi connectivity index (χ0) is 19.1. The van der Waals surface area contributed by atoms with Crippen LogP contribution in [0, 0.1) is 5.82 Å². The van der Waals surface area contributed by atoms with Gasteiger partial charge in [-0.15, -0.1) is 0 Å². The number of hydrogen-bond donors (Lipinski definition) is 0. The number of fused-ring (bicyclic) bond motifs is 1. The van der Waals surface area contributed by atoms with Crippen molar-refractivity contribution >= 4 is 16.8 Å². The summed E-state index contributed by atoms with van der Waals surface area (Å²) in [5, 5.41) is 0.759. The smallest absolute Gasteiger partial charge is 0.256 e. The number of carbonyl (C=O) groups excluding carboxylic acids is 1. The summed E-state index contributed by atoms with van der Waals surface area (Å²) in [5.74, 6) is -0.209. The first-order valence-corrected chi connectivity index (χ1v) is 10.8. The molecule has 0 bridgehead atoms. The molecule has 1 aromatic heterocycles. The Balaban J connectivity index is 1.76. The van der Waals surface area contributed by atoms with E-state index in [1.165, 1.54) is 57.1 Å². The summed E-state index contributed by atoms with van der Waals surface area (Å²) in [4.78, 5) is 15.1. The van der Waals surface area contributed by atoms with Gasteiger partial charge in [0, 0.05) is 36.7 Å². The Hall–Kier alpha value is -1.84. The van der Waals surface area contributed by atoms with Gasteiger partial charge in [0.05, 0.1) is 5.56 Å². The fourth-order valence-corrected chi connectivity index (χ4v) is 4.13. The van der Waals surface area contributed by atoms with Crippen LogP contribution in [0.4, 0.5) is 4.39 Å². The van der Waals surface area contributed by atoms with Gasteiger partial charge < -0.3 is 9.47 Å². The standard InChI is InChI=1S/C23H33FN2O/c1-2-3-4-5-6-11-16-26-18-21(20-17-19(24)12-13-22(20)26)23(27)25-14-9-7-8-10-15-25/h12-13,17-18H,2-11,14-16H2,1H3. The number of likely N-dealkylation sites (tertiary alicyclic amines) is 1. The van der Waals surface area contributed by atoms with Gasteiger partial charge >= 0.3 is 0 Å². The summed E-state index contributed by atoms with van der Waals surface area (Å²) in [6.07, 6.45) is 13.9. The molecule has 1 aliphatic heterocycles. The molecule has 3 nitrogen and oxygen atoms in total. The first-order valence-electron chi connectivity index (χ1n) is 10.8. The molecule has 1 aliphatic rings. The SMILES string of the molecule is CCCCCCCCn1cc(C(=O)N2CCCCCC2)c2cc(F)ccc21. The van der Waals surface area contributed by atoms with E-state index in [2.05, 4.69) is 11.5 Å². The Morgan fingerprint density at radius 3 is 2.44 bits per heavy atom. The van der Waals surface area contributed by atoms with Crippen molar-refractivity contribution in [3.63, 3.8) is 0 Å². The van der Waals surface area contributed by atoms with Gasteiger partial charge in [0.1, 0.15) is 5.82 Å². The van der Waals surface area contributed by atoms with E-state index in [4.69, 9.17) is 0 Å². The summed E-state index contributed by atoms with van der Waals surface area (Å²) < 4.78 is 16.0. The van der Waals surface area contributed by atoms with Crippen molar-refractivity contribution < 1.29 is 9.18 Å². The molecule has 148 valence electrons. The van der Waals surface area contributed by atoms with Crippen molar-refractivity contribution in [1.29, 1.82) is 0 Å². The van der Waals surface area contributed by atoms with Crippen molar-refractivity contribution in [2.45, 2.75) is 77.7 Å². The van der Waals surface area contributed by atoms with Crippen LogP contribution in [0.25, 0.3) is 10.9 Å². The second kappa shape index (κ2) is 9.91. The number of halogens is 1. The Morgan fingerprint density at radius 2 is 1.70 bits per heavy atom. The van der Waals surface area contributed by atoms with E-state index in [0.29, 0.717) is 5.56 Å². The molecule has 0 N–H and O–H groups in total. The maximum absolute atomic E-state index is 13.9. The highest BCUT2D eigenvalue weighted by Gasteiger charge is 2.22. The molecule has 1 saturated heterocycles. The monoisotopic (exact) mass is 372 g/mol. The molecule has 0 atom stereocenters. The zero-order valence-electron chi connectivity index (χ0n) is 16.7. The van der Waals surface area contributed by atoms with Gasteiger partial charge in [-0.1, -0.05) is 51.9 Å². The lowest BCUT2D eigenvalue weighted by atomic mass is 10.1. The lowest BCUT2D eigenvalue weighted by Crippen LogP contribution is -2.31. The van der Waals surface area contributed by atoms with Crippen molar-refractivity contribution in [3.05, 3.63) is 35.8 Å². The third-order valence-electron chi connectivity index (χ3n) is 5.72. The number of benzene rings is 1. The molecular formula is C23H33FN2O. The third-order valence-corrected chi connectivity index (χ3v) is 5.72. The molecule has 2 heterocycles. The fourth-order valence-electron chi connectivity index (χ4n) is 4.13. The van der Waals surface area contributed by atoms with Gasteiger partial charge in [-0.2, -0.15) is 0 Å². The number of rotatable bonds is 8. The molecular weight excluding hydrogens is 339 g/mol. The number of aryl methyl sites for hydroxylation is 1. The molecule has 0 spiro atoms. The summed E-state index contributed by atoms with van der Waals surface area (Å²) >= 11 is 0. The summed E-state index contributed by atoms with van der Waals surface area (Å²) in [7, 11) is 0. The van der Waals surface area contributed by atoms with E-state index in [-0.39, 0.29) is 11.7 Å². The predicted octanol–water partition coefficient (Wildman–Crippen LogP) is 6.16. The predicted molar refractivity (Wildman–Crippen MR) is 110 cm³/mol. The topological polar surface area (TPSA) is 25.2 Å². The first kappa shape index (κ1) is 19.9. The van der Waals surface area contributed by atoms with Gasteiger partial charge in [0.15, 0.2) is 0 Å². The molecule has 0 aliphatic carbocycles. The van der Waals surface area contributed by atoms with E-state index in [0.717, 1.165) is 49.8 Å². The minimum Gasteiger partial charge on any atom is -0.347 e. The van der Waals surface area contributed by atoms with E-state index in [1.807, 2.05) is 17.2 Å². The van der Waals surface area contributed by atoms with Crippen LogP contribution in [0.3, 0.4) is 0 Å². The van der Waals surface area contributed by atoms with E-state index in [9.17, 15) is 9.18 Å². The molecule has 4 heteroatoms. The summed E-state index contributed by atoms with van der Waals surface area (Å²) in [6, 6.07) is 4.85. The molecule has 1 fully saturated rings. The Bertz CT molecular complexity index is 744. The van der Waals surface area contributed by atoms with Crippen molar-refractivity contribution in [3.8, 4) is 0 Å². The number of unbranched alkanes of at least 4 members (excludes halogenated alkanes) is 5. The van der Waals surface area contributed by atoms with Gasteiger partial charge in [-0.25, -0.2) is 4.39 Å². The number of hydrogen-bond acceptors (Lipinski definition) is 1. The Morgan fingerprint density at radius 1 is 1.00 bits per heavy atom. The van der Waals surface area contributed by atoms with Crippen molar-refractivity contribution in [2.75, 3.05) is 13.1 Å². The molecule has 0 saturated carbocycles. The maximum Gasteiger partial charge on any atom is 0.256 e. The minimum absolute atomic E-state index is 0.0641. The maximum atomic E-state index is 13.9. The van der Waals surface area contributed by atoms with E-state index >= 15 is 0 Å². The molecule has 1 aromatic carbocycles. The average molecular weight is 373 g/mol. The molecule has 2 aromatic rings. The molecule has 0 unspecified atom stereocenters. The highest BCUT2D eigenvalue weighted by atomic mass is 19.1. The fraction of sp³-hybridized carbons (Fsp3) is 0.609. The Kier molecular flexibility index (Phi) is 7.31. The molecule has 0 radical (unpaired) electrons. The zero-order valence-corrected chi connectivity index (χ0v) is 16.7. The highest BCUT2D eigenvalue weighted by molar-refractivity contribution is 6.07. The van der Waals surface area contributed by atoms with E-state index in [1.54, 1.807) is 0 Å². The lowest BCUT2D eigenvalue weighted by Gasteiger charge is -2.19. The van der Waals surface area contributed by atoms with Crippen LogP contribution < -0.4 is 0 Å². The minimum atomic E-state index is -0.273. The van der Waals surface area contributed by atoms with Crippen LogP contribution in [0.5, 0.6) is 0 Å².